The Morgan fingerprint density at radius 2 is 1.72 bits per heavy atom. The van der Waals surface area contributed by atoms with Crippen LogP contribution >= 0.6 is 0 Å². The summed E-state index contributed by atoms with van der Waals surface area (Å²) in [5, 5.41) is 8.71. The first-order chi connectivity index (χ1) is 18.8. The van der Waals surface area contributed by atoms with Crippen LogP contribution in [0.2, 0.25) is 0 Å². The Hall–Kier alpha value is -3.98. The number of anilines is 1. The van der Waals surface area contributed by atoms with Crippen LogP contribution in [0.15, 0.2) is 59.0 Å². The van der Waals surface area contributed by atoms with Gasteiger partial charge in [0.2, 0.25) is 5.91 Å². The monoisotopic (exact) mass is 532 g/mol. The number of nitrogens with one attached hydrogen (secondary N) is 3. The van der Waals surface area contributed by atoms with Crippen LogP contribution in [0.5, 0.6) is 0 Å². The van der Waals surface area contributed by atoms with E-state index in [2.05, 4.69) is 20.9 Å². The van der Waals surface area contributed by atoms with Crippen molar-refractivity contribution in [2.75, 3.05) is 19.0 Å². The largest absolute Gasteiger partial charge is 0.451 e. The molecule has 0 radical (unpaired) electrons. The number of benzene rings is 1. The summed E-state index contributed by atoms with van der Waals surface area (Å²) in [5.74, 6) is -0.218. The Morgan fingerprint density at radius 1 is 0.974 bits per heavy atom. The molecular formula is C30H36N4O5. The van der Waals surface area contributed by atoms with E-state index in [1.165, 1.54) is 0 Å². The molecule has 4 rings (SSSR count). The Morgan fingerprint density at radius 3 is 2.41 bits per heavy atom. The molecular weight excluding hydrogens is 496 g/mol. The van der Waals surface area contributed by atoms with Crippen molar-refractivity contribution in [2.45, 2.75) is 58.0 Å². The summed E-state index contributed by atoms with van der Waals surface area (Å²) in [6, 6.07) is 14.9. The summed E-state index contributed by atoms with van der Waals surface area (Å²) in [6.45, 7) is 4.10. The number of nitrogens with zero attached hydrogens (tertiary/aromatic N) is 1. The predicted molar refractivity (Wildman–Crippen MR) is 148 cm³/mol. The molecule has 0 spiro atoms. The summed E-state index contributed by atoms with van der Waals surface area (Å²) >= 11 is 0. The molecule has 0 aliphatic heterocycles. The molecule has 1 aliphatic rings. The normalized spacial score (nSPS) is 15.3. The molecule has 0 unspecified atom stereocenters. The molecule has 9 heteroatoms. The lowest BCUT2D eigenvalue weighted by molar-refractivity contribution is -0.125. The van der Waals surface area contributed by atoms with Gasteiger partial charge in [0.25, 0.3) is 11.8 Å². The number of methoxy groups -OCH3 is 1. The fourth-order valence-corrected chi connectivity index (χ4v) is 4.90. The number of aromatic nitrogens is 1. The van der Waals surface area contributed by atoms with Crippen molar-refractivity contribution in [3.05, 3.63) is 71.7 Å². The number of pyridine rings is 1. The second-order valence-electron chi connectivity index (χ2n) is 10.1. The van der Waals surface area contributed by atoms with Crippen LogP contribution in [0, 0.1) is 12.8 Å². The van der Waals surface area contributed by atoms with E-state index in [1.807, 2.05) is 19.9 Å². The van der Waals surface area contributed by atoms with Crippen molar-refractivity contribution in [1.82, 2.24) is 15.6 Å². The average molecular weight is 533 g/mol. The minimum absolute atomic E-state index is 0.0737. The van der Waals surface area contributed by atoms with Crippen LogP contribution in [0.3, 0.4) is 0 Å². The van der Waals surface area contributed by atoms with Crippen LogP contribution in [0.4, 0.5) is 5.69 Å². The molecule has 3 amide bonds. The van der Waals surface area contributed by atoms with E-state index >= 15 is 0 Å². The van der Waals surface area contributed by atoms with Gasteiger partial charge in [-0.3, -0.25) is 14.4 Å². The fraction of sp³-hybridized carbons (Fsp3) is 0.400. The molecule has 1 fully saturated rings. The maximum absolute atomic E-state index is 13.1. The second-order valence-corrected chi connectivity index (χ2v) is 10.1. The van der Waals surface area contributed by atoms with E-state index in [4.69, 9.17) is 9.15 Å². The number of carbonyl (C=O) groups is 3. The molecule has 1 aliphatic carbocycles. The van der Waals surface area contributed by atoms with E-state index < -0.39 is 11.9 Å². The first kappa shape index (κ1) is 28.0. The number of ether oxygens (including phenoxy) is 1. The van der Waals surface area contributed by atoms with Crippen molar-refractivity contribution >= 4 is 23.4 Å². The molecule has 3 aromatic rings. The molecule has 1 aromatic carbocycles. The number of rotatable bonds is 10. The third-order valence-corrected chi connectivity index (χ3v) is 6.87. The zero-order valence-corrected chi connectivity index (χ0v) is 22.7. The van der Waals surface area contributed by atoms with Crippen molar-refractivity contribution in [1.29, 1.82) is 0 Å². The van der Waals surface area contributed by atoms with Gasteiger partial charge in [0, 0.05) is 30.1 Å². The van der Waals surface area contributed by atoms with Crippen molar-refractivity contribution in [2.24, 2.45) is 5.92 Å². The lowest BCUT2D eigenvalue weighted by Gasteiger charge is -2.30. The van der Waals surface area contributed by atoms with Gasteiger partial charge >= 0.3 is 0 Å². The van der Waals surface area contributed by atoms with Crippen molar-refractivity contribution in [3.63, 3.8) is 0 Å². The topological polar surface area (TPSA) is 123 Å². The van der Waals surface area contributed by atoms with E-state index in [0.29, 0.717) is 23.7 Å². The highest BCUT2D eigenvalue weighted by molar-refractivity contribution is 6.03. The smallest absolute Gasteiger partial charge is 0.287 e. The standard InChI is InChI=1S/C30H36N4O5/c1-19-8-7-11-24(31-19)28(35)33-23-14-12-21(13-15-23)25-16-17-26(39-25)29(36)34-27(22-9-5-4-6-10-22)30(37)32-20(2)18-38-3/h7-8,11-17,20,22,27H,4-6,9-10,18H2,1-3H3,(H,32,37)(H,33,35)(H,34,36)/t20-,27-/m0/s1. The van der Waals surface area contributed by atoms with Gasteiger partial charge in [-0.1, -0.05) is 25.3 Å². The van der Waals surface area contributed by atoms with E-state index in [0.717, 1.165) is 43.4 Å². The number of amides is 3. The van der Waals surface area contributed by atoms with Crippen LogP contribution in [-0.4, -0.2) is 48.5 Å². The molecule has 2 heterocycles. The third kappa shape index (κ3) is 7.54. The second kappa shape index (κ2) is 13.2. The van der Waals surface area contributed by atoms with Crippen molar-refractivity contribution < 1.29 is 23.5 Å². The Kier molecular flexibility index (Phi) is 9.49. The van der Waals surface area contributed by atoms with Gasteiger partial charge in [-0.25, -0.2) is 4.98 Å². The molecule has 39 heavy (non-hydrogen) atoms. The summed E-state index contributed by atoms with van der Waals surface area (Å²) in [5.41, 5.74) is 2.47. The van der Waals surface area contributed by atoms with Crippen LogP contribution in [0.25, 0.3) is 11.3 Å². The van der Waals surface area contributed by atoms with Gasteiger partial charge < -0.3 is 25.1 Å². The lowest BCUT2D eigenvalue weighted by Crippen LogP contribution is -2.53. The van der Waals surface area contributed by atoms with E-state index in [-0.39, 0.29) is 29.5 Å². The maximum Gasteiger partial charge on any atom is 0.287 e. The SMILES string of the molecule is COC[C@H](C)NC(=O)[C@@H](NC(=O)c1ccc(-c2ccc(NC(=O)c3cccc(C)n3)cc2)o1)C1CCCCC1. The summed E-state index contributed by atoms with van der Waals surface area (Å²) in [6.07, 6.45) is 5.01. The number of hydrogen-bond donors (Lipinski definition) is 3. The number of hydrogen-bond acceptors (Lipinski definition) is 6. The molecule has 9 nitrogen and oxygen atoms in total. The van der Waals surface area contributed by atoms with Gasteiger partial charge in [0.1, 0.15) is 17.5 Å². The Bertz CT molecular complexity index is 1280. The maximum atomic E-state index is 13.1. The molecule has 1 saturated carbocycles. The van der Waals surface area contributed by atoms with Crippen LogP contribution < -0.4 is 16.0 Å². The van der Waals surface area contributed by atoms with E-state index in [9.17, 15) is 14.4 Å². The summed E-state index contributed by atoms with van der Waals surface area (Å²) in [7, 11) is 1.59. The molecule has 206 valence electrons. The number of aryl methyl sites for hydroxylation is 1. The molecule has 2 aromatic heterocycles. The van der Waals surface area contributed by atoms with Crippen LogP contribution in [-0.2, 0) is 9.53 Å². The molecule has 2 atom stereocenters. The minimum Gasteiger partial charge on any atom is -0.451 e. The highest BCUT2D eigenvalue weighted by atomic mass is 16.5. The van der Waals surface area contributed by atoms with Gasteiger partial charge in [0.15, 0.2) is 5.76 Å². The average Bonchev–Trinajstić information content (AvgIpc) is 3.43. The van der Waals surface area contributed by atoms with Crippen LogP contribution in [0.1, 0.15) is 65.8 Å². The fourth-order valence-electron chi connectivity index (χ4n) is 4.90. The predicted octanol–water partition coefficient (Wildman–Crippen LogP) is 4.73. The summed E-state index contributed by atoms with van der Waals surface area (Å²) in [4.78, 5) is 42.9. The van der Waals surface area contributed by atoms with Gasteiger partial charge in [-0.2, -0.15) is 0 Å². The Labute approximate surface area is 228 Å². The Balaban J connectivity index is 1.41. The molecule has 0 bridgehead atoms. The summed E-state index contributed by atoms with van der Waals surface area (Å²) < 4.78 is 11.0. The highest BCUT2D eigenvalue weighted by Gasteiger charge is 2.32. The van der Waals surface area contributed by atoms with Gasteiger partial charge in [-0.15, -0.1) is 0 Å². The quantitative estimate of drug-likeness (QED) is 0.347. The molecule has 0 saturated heterocycles. The van der Waals surface area contributed by atoms with Gasteiger partial charge in [-0.05, 0) is 81.1 Å². The molecule has 3 N–H and O–H groups in total. The van der Waals surface area contributed by atoms with Gasteiger partial charge in [0.05, 0.1) is 6.61 Å². The number of carbonyl (C=O) groups excluding carboxylic acids is 3. The first-order valence-corrected chi connectivity index (χ1v) is 13.4. The minimum atomic E-state index is -0.642. The number of furan rings is 1. The third-order valence-electron chi connectivity index (χ3n) is 6.87. The zero-order valence-electron chi connectivity index (χ0n) is 22.7. The highest BCUT2D eigenvalue weighted by Crippen LogP contribution is 2.28. The lowest BCUT2D eigenvalue weighted by atomic mass is 9.83. The van der Waals surface area contributed by atoms with Crippen molar-refractivity contribution in [3.8, 4) is 11.3 Å². The first-order valence-electron chi connectivity index (χ1n) is 13.4. The van der Waals surface area contributed by atoms with E-state index in [1.54, 1.807) is 55.6 Å². The zero-order chi connectivity index (χ0) is 27.8.